The molecule has 0 saturated heterocycles. The van der Waals surface area contributed by atoms with Gasteiger partial charge in [-0.25, -0.2) is 9.07 Å². The number of hydrogen-bond acceptors (Lipinski definition) is 4. The number of rotatable bonds is 3. The third-order valence-electron chi connectivity index (χ3n) is 3.72. The number of benzene rings is 1. The first kappa shape index (κ1) is 14.8. The minimum absolute atomic E-state index is 0.162. The summed E-state index contributed by atoms with van der Waals surface area (Å²) >= 11 is 0. The van der Waals surface area contributed by atoms with Crippen molar-refractivity contribution in [3.05, 3.63) is 65.5 Å². The normalized spacial score (nSPS) is 16.1. The fourth-order valence-electron chi connectivity index (χ4n) is 2.60. The summed E-state index contributed by atoms with van der Waals surface area (Å²) in [5.41, 5.74) is 2.01. The second kappa shape index (κ2) is 5.72. The topological polar surface area (TPSA) is 77.1 Å². The summed E-state index contributed by atoms with van der Waals surface area (Å²) in [5.74, 6) is 0.473. The Morgan fingerprint density at radius 2 is 2.04 bits per heavy atom. The maximum absolute atomic E-state index is 13.2. The van der Waals surface area contributed by atoms with Gasteiger partial charge in [0.05, 0.1) is 29.2 Å². The van der Waals surface area contributed by atoms with Gasteiger partial charge in [0.25, 0.3) is 5.91 Å². The molecule has 8 heteroatoms. The number of fused-ring (bicyclic) bond motifs is 1. The highest BCUT2D eigenvalue weighted by atomic mass is 32.2. The molecule has 0 aliphatic carbocycles. The van der Waals surface area contributed by atoms with Gasteiger partial charge in [-0.1, -0.05) is 0 Å². The van der Waals surface area contributed by atoms with Crippen molar-refractivity contribution in [1.29, 1.82) is 0 Å². The van der Waals surface area contributed by atoms with Crippen LogP contribution in [-0.2, 0) is 22.3 Å². The van der Waals surface area contributed by atoms with Crippen molar-refractivity contribution in [2.45, 2.75) is 11.5 Å². The first-order valence-corrected chi connectivity index (χ1v) is 8.67. The number of carbonyl (C=O) groups is 1. The molecule has 0 saturated carbocycles. The van der Waals surface area contributed by atoms with E-state index in [1.807, 2.05) is 0 Å². The molecule has 3 heterocycles. The van der Waals surface area contributed by atoms with Gasteiger partial charge in [-0.2, -0.15) is 5.10 Å². The van der Waals surface area contributed by atoms with Crippen LogP contribution >= 0.6 is 0 Å². The van der Waals surface area contributed by atoms with Gasteiger partial charge in [-0.3, -0.25) is 9.00 Å². The van der Waals surface area contributed by atoms with Crippen LogP contribution in [0.25, 0.3) is 5.69 Å². The average Bonchev–Trinajstić information content (AvgIpc) is 3.26. The number of carbonyl (C=O) groups excluding carboxylic acids is 1. The van der Waals surface area contributed by atoms with Crippen molar-refractivity contribution in [1.82, 2.24) is 9.78 Å². The van der Waals surface area contributed by atoms with Gasteiger partial charge in [0.1, 0.15) is 11.6 Å². The van der Waals surface area contributed by atoms with Crippen molar-refractivity contribution < 1.29 is 17.8 Å². The van der Waals surface area contributed by atoms with E-state index < -0.39 is 16.7 Å². The summed E-state index contributed by atoms with van der Waals surface area (Å²) in [5, 5.41) is 7.20. The quantitative estimate of drug-likeness (QED) is 0.792. The minimum Gasteiger partial charge on any atom is -0.459 e. The molecule has 1 amide bonds. The van der Waals surface area contributed by atoms with Crippen LogP contribution in [-0.4, -0.2) is 19.9 Å². The highest BCUT2D eigenvalue weighted by molar-refractivity contribution is 7.83. The second-order valence-corrected chi connectivity index (χ2v) is 6.78. The van der Waals surface area contributed by atoms with Crippen LogP contribution in [0.15, 0.2) is 47.1 Å². The van der Waals surface area contributed by atoms with Crippen molar-refractivity contribution in [3.8, 4) is 5.69 Å². The van der Waals surface area contributed by atoms with Crippen LogP contribution in [0.4, 0.5) is 10.2 Å². The summed E-state index contributed by atoms with van der Waals surface area (Å²) < 4.78 is 31.6. The van der Waals surface area contributed by atoms with Crippen LogP contribution in [0.3, 0.4) is 0 Å². The van der Waals surface area contributed by atoms with Gasteiger partial charge in [0.2, 0.25) is 0 Å². The Labute approximate surface area is 138 Å². The standard InChI is InChI=1S/C16H12FN3O3S/c17-10-3-5-11(6-4-10)20-15(12-8-24(22)9-13(12)19-20)18-16(21)14-2-1-7-23-14/h1-7H,8-9H2,(H,18,21)/t24-/m1/s1. The summed E-state index contributed by atoms with van der Waals surface area (Å²) in [4.78, 5) is 12.3. The summed E-state index contributed by atoms with van der Waals surface area (Å²) in [7, 11) is -1.03. The number of halogens is 1. The molecule has 0 radical (unpaired) electrons. The molecule has 4 rings (SSSR count). The molecule has 6 nitrogen and oxygen atoms in total. The third kappa shape index (κ3) is 2.54. The molecule has 0 unspecified atom stereocenters. The van der Waals surface area contributed by atoms with Crippen molar-refractivity contribution in [2.75, 3.05) is 5.32 Å². The predicted molar refractivity (Wildman–Crippen MR) is 85.7 cm³/mol. The molecule has 1 N–H and O–H groups in total. The Kier molecular flexibility index (Phi) is 3.53. The minimum atomic E-state index is -1.03. The first-order valence-electron chi connectivity index (χ1n) is 7.18. The summed E-state index contributed by atoms with van der Waals surface area (Å²) in [6, 6.07) is 8.93. The zero-order valence-electron chi connectivity index (χ0n) is 12.4. The Balaban J connectivity index is 1.77. The first-order chi connectivity index (χ1) is 11.6. The predicted octanol–water partition coefficient (Wildman–Crippen LogP) is 2.62. The molecule has 2 aromatic heterocycles. The molecule has 1 aromatic carbocycles. The van der Waals surface area contributed by atoms with Crippen LogP contribution in [0.1, 0.15) is 21.8 Å². The van der Waals surface area contributed by atoms with Crippen LogP contribution < -0.4 is 5.32 Å². The molecule has 3 aromatic rings. The zero-order valence-corrected chi connectivity index (χ0v) is 13.2. The van der Waals surface area contributed by atoms with E-state index >= 15 is 0 Å². The SMILES string of the molecule is O=C(Nc1c2c(nn1-c1ccc(F)cc1)C[S@](=O)C2)c1ccco1. The van der Waals surface area contributed by atoms with E-state index in [0.717, 1.165) is 5.56 Å². The molecule has 1 atom stereocenters. The molecular formula is C16H12FN3O3S. The lowest BCUT2D eigenvalue weighted by Crippen LogP contribution is -2.16. The van der Waals surface area contributed by atoms with E-state index in [-0.39, 0.29) is 11.6 Å². The number of nitrogens with one attached hydrogen (secondary N) is 1. The fraction of sp³-hybridized carbons (Fsp3) is 0.125. The molecule has 24 heavy (non-hydrogen) atoms. The Hall–Kier alpha value is -2.74. The number of hydrogen-bond donors (Lipinski definition) is 1. The second-order valence-electron chi connectivity index (χ2n) is 5.32. The van der Waals surface area contributed by atoms with Gasteiger partial charge < -0.3 is 9.73 Å². The number of aromatic nitrogens is 2. The van der Waals surface area contributed by atoms with E-state index in [4.69, 9.17) is 4.42 Å². The smallest absolute Gasteiger partial charge is 0.292 e. The Morgan fingerprint density at radius 3 is 2.75 bits per heavy atom. The molecule has 0 bridgehead atoms. The van der Waals surface area contributed by atoms with Crippen LogP contribution in [0.5, 0.6) is 0 Å². The third-order valence-corrected chi connectivity index (χ3v) is 4.92. The van der Waals surface area contributed by atoms with Crippen molar-refractivity contribution in [2.24, 2.45) is 0 Å². The lowest BCUT2D eigenvalue weighted by atomic mass is 10.2. The van der Waals surface area contributed by atoms with Crippen LogP contribution in [0.2, 0.25) is 0 Å². The van der Waals surface area contributed by atoms with Crippen LogP contribution in [0, 0.1) is 5.82 Å². The molecule has 1 aliphatic rings. The van der Waals surface area contributed by atoms with Crippen molar-refractivity contribution >= 4 is 22.5 Å². The largest absolute Gasteiger partial charge is 0.459 e. The maximum Gasteiger partial charge on any atom is 0.292 e. The maximum atomic E-state index is 13.2. The number of furan rings is 1. The fourth-order valence-corrected chi connectivity index (χ4v) is 3.87. The number of anilines is 1. The van der Waals surface area contributed by atoms with Gasteiger partial charge in [0, 0.05) is 16.4 Å². The molecule has 1 aliphatic heterocycles. The Bertz CT molecular complexity index is 932. The zero-order chi connectivity index (χ0) is 16.7. The van der Waals surface area contributed by atoms with Gasteiger partial charge >= 0.3 is 0 Å². The molecule has 0 fully saturated rings. The highest BCUT2D eigenvalue weighted by Crippen LogP contribution is 2.31. The average molecular weight is 345 g/mol. The van der Waals surface area contributed by atoms with E-state index in [2.05, 4.69) is 10.4 Å². The molecular weight excluding hydrogens is 333 g/mol. The number of amides is 1. The number of nitrogens with zero attached hydrogens (tertiary/aromatic N) is 2. The van der Waals surface area contributed by atoms with E-state index in [1.165, 1.54) is 23.1 Å². The van der Waals surface area contributed by atoms with E-state index in [1.54, 1.807) is 24.3 Å². The van der Waals surface area contributed by atoms with Gasteiger partial charge in [-0.15, -0.1) is 0 Å². The highest BCUT2D eigenvalue weighted by Gasteiger charge is 2.28. The molecule has 0 spiro atoms. The Morgan fingerprint density at radius 1 is 1.25 bits per heavy atom. The van der Waals surface area contributed by atoms with Gasteiger partial charge in [-0.05, 0) is 36.4 Å². The monoisotopic (exact) mass is 345 g/mol. The van der Waals surface area contributed by atoms with Crippen molar-refractivity contribution in [3.63, 3.8) is 0 Å². The summed E-state index contributed by atoms with van der Waals surface area (Å²) in [6.07, 6.45) is 1.41. The molecule has 122 valence electrons. The lowest BCUT2D eigenvalue weighted by Gasteiger charge is -2.10. The summed E-state index contributed by atoms with van der Waals surface area (Å²) in [6.45, 7) is 0. The van der Waals surface area contributed by atoms with E-state index in [0.29, 0.717) is 28.7 Å². The van der Waals surface area contributed by atoms with E-state index in [9.17, 15) is 13.4 Å². The van der Waals surface area contributed by atoms with Gasteiger partial charge in [0.15, 0.2) is 5.76 Å². The lowest BCUT2D eigenvalue weighted by molar-refractivity contribution is 0.0996.